The van der Waals surface area contributed by atoms with Gasteiger partial charge in [0.15, 0.2) is 18.0 Å². The number of rotatable bonds is 3. The van der Waals surface area contributed by atoms with Gasteiger partial charge >= 0.3 is 12.2 Å². The van der Waals surface area contributed by atoms with Crippen LogP contribution in [0.15, 0.2) is 65.8 Å². The van der Waals surface area contributed by atoms with Crippen LogP contribution in [0.5, 0.6) is 0 Å². The normalized spacial score (nSPS) is 18.6. The van der Waals surface area contributed by atoms with Gasteiger partial charge in [-0.3, -0.25) is 15.2 Å². The van der Waals surface area contributed by atoms with Crippen LogP contribution in [0.1, 0.15) is 5.56 Å². The predicted molar refractivity (Wildman–Crippen MR) is 126 cm³/mol. The highest BCUT2D eigenvalue weighted by molar-refractivity contribution is 6.04. The summed E-state index contributed by atoms with van der Waals surface area (Å²) in [4.78, 5) is 33.2. The van der Waals surface area contributed by atoms with E-state index in [4.69, 9.17) is 4.42 Å². The summed E-state index contributed by atoms with van der Waals surface area (Å²) in [5.74, 6) is 0.863. The van der Waals surface area contributed by atoms with Crippen molar-refractivity contribution in [2.75, 3.05) is 28.2 Å². The first-order chi connectivity index (χ1) is 17.8. The SMILES string of the molecule is O=C(Nc1cccc(-c2cnco2)n1)N1c2nc(-c3cncc(C(F)(F)F)c3)ccc2N2C[C@@H](O)[C@H]1C2. The molecule has 13 heteroatoms. The molecule has 10 nitrogen and oxygen atoms in total. The molecule has 0 aromatic carbocycles. The van der Waals surface area contributed by atoms with Crippen molar-refractivity contribution in [1.82, 2.24) is 19.9 Å². The average molecular weight is 509 g/mol. The monoisotopic (exact) mass is 509 g/mol. The van der Waals surface area contributed by atoms with E-state index in [-0.39, 0.29) is 29.4 Å². The molecule has 0 aliphatic carbocycles. The molecule has 188 valence electrons. The molecule has 2 N–H and O–H groups in total. The summed E-state index contributed by atoms with van der Waals surface area (Å²) in [6.45, 7) is 0.659. The Morgan fingerprint density at radius 3 is 2.70 bits per heavy atom. The number of fused-ring (bicyclic) bond motifs is 4. The molecule has 0 radical (unpaired) electrons. The lowest BCUT2D eigenvalue weighted by atomic mass is 10.1. The van der Waals surface area contributed by atoms with Gasteiger partial charge in [-0.2, -0.15) is 13.2 Å². The van der Waals surface area contributed by atoms with Gasteiger partial charge < -0.3 is 14.4 Å². The number of aliphatic hydroxyl groups excluding tert-OH is 1. The maximum absolute atomic E-state index is 13.5. The molecule has 37 heavy (non-hydrogen) atoms. The Morgan fingerprint density at radius 2 is 1.92 bits per heavy atom. The first kappa shape index (κ1) is 22.9. The summed E-state index contributed by atoms with van der Waals surface area (Å²) >= 11 is 0. The summed E-state index contributed by atoms with van der Waals surface area (Å²) in [6, 6.07) is 7.97. The van der Waals surface area contributed by atoms with Gasteiger partial charge in [-0.05, 0) is 30.3 Å². The Balaban J connectivity index is 1.36. The van der Waals surface area contributed by atoms with Crippen molar-refractivity contribution >= 4 is 23.4 Å². The molecule has 1 saturated heterocycles. The van der Waals surface area contributed by atoms with Gasteiger partial charge in [0.25, 0.3) is 0 Å². The Hall–Kier alpha value is -4.52. The van der Waals surface area contributed by atoms with Crippen LogP contribution in [-0.4, -0.2) is 56.3 Å². The second kappa shape index (κ2) is 8.55. The lowest BCUT2D eigenvalue weighted by Crippen LogP contribution is -2.51. The maximum atomic E-state index is 13.5. The number of aromatic nitrogens is 4. The number of nitrogens with one attached hydrogen (secondary N) is 1. The number of oxazole rings is 1. The number of amides is 2. The van der Waals surface area contributed by atoms with Gasteiger partial charge in [0.05, 0.1) is 35.3 Å². The van der Waals surface area contributed by atoms with Gasteiger partial charge in [0.1, 0.15) is 11.5 Å². The zero-order chi connectivity index (χ0) is 25.7. The summed E-state index contributed by atoms with van der Waals surface area (Å²) in [5.41, 5.74) is 0.482. The Labute approximate surface area is 207 Å². The van der Waals surface area contributed by atoms with E-state index in [0.717, 1.165) is 12.3 Å². The van der Waals surface area contributed by atoms with Gasteiger partial charge in [-0.15, -0.1) is 0 Å². The molecule has 4 aromatic heterocycles. The van der Waals surface area contributed by atoms with Crippen molar-refractivity contribution in [3.8, 4) is 22.7 Å². The Morgan fingerprint density at radius 1 is 1.05 bits per heavy atom. The third-order valence-corrected chi connectivity index (χ3v) is 6.26. The van der Waals surface area contributed by atoms with E-state index in [0.29, 0.717) is 23.7 Å². The molecule has 0 spiro atoms. The standard InChI is InChI=1S/C24H18F3N7O3/c25-24(26,27)14-6-13(7-28-8-14)15-4-5-17-22(31-15)34(18-10-33(17)11-19(18)35)23(36)32-21-3-1-2-16(30-21)20-9-29-12-37-20/h1-9,12,18-19,35H,10-11H2,(H,30,32,36)/t18-,19-/m1/s1. The summed E-state index contributed by atoms with van der Waals surface area (Å²) < 4.78 is 45.0. The highest BCUT2D eigenvalue weighted by Gasteiger charge is 2.45. The lowest BCUT2D eigenvalue weighted by Gasteiger charge is -2.36. The van der Waals surface area contributed by atoms with Gasteiger partial charge in [-0.25, -0.2) is 19.7 Å². The van der Waals surface area contributed by atoms with Crippen molar-refractivity contribution in [3.05, 3.63) is 66.9 Å². The van der Waals surface area contributed by atoms with E-state index in [1.54, 1.807) is 30.3 Å². The minimum Gasteiger partial charge on any atom is -0.442 e. The second-order valence-electron chi connectivity index (χ2n) is 8.61. The molecule has 2 aliphatic rings. The number of pyridine rings is 3. The van der Waals surface area contributed by atoms with Crippen molar-refractivity contribution in [2.45, 2.75) is 18.3 Å². The van der Waals surface area contributed by atoms with Crippen LogP contribution >= 0.6 is 0 Å². The molecule has 4 aromatic rings. The molecule has 6 rings (SSSR count). The van der Waals surface area contributed by atoms with Crippen molar-refractivity contribution in [1.29, 1.82) is 0 Å². The molecular weight excluding hydrogens is 491 g/mol. The summed E-state index contributed by atoms with van der Waals surface area (Å²) in [6.07, 6.45) is -0.642. The first-order valence-electron chi connectivity index (χ1n) is 11.2. The molecule has 2 amide bonds. The van der Waals surface area contributed by atoms with Crippen LogP contribution in [0, 0.1) is 0 Å². The Kier molecular flexibility index (Phi) is 5.30. The number of carbonyl (C=O) groups excluding carboxylic acids is 1. The van der Waals surface area contributed by atoms with Gasteiger partial charge in [0, 0.05) is 31.0 Å². The van der Waals surface area contributed by atoms with Crippen LogP contribution in [0.4, 0.5) is 35.3 Å². The smallest absolute Gasteiger partial charge is 0.417 e. The summed E-state index contributed by atoms with van der Waals surface area (Å²) in [7, 11) is 0. The Bertz CT molecular complexity index is 1480. The van der Waals surface area contributed by atoms with E-state index < -0.39 is 29.9 Å². The third-order valence-electron chi connectivity index (χ3n) is 6.26. The van der Waals surface area contributed by atoms with Crippen LogP contribution in [0.2, 0.25) is 0 Å². The number of aliphatic hydroxyl groups is 1. The quantitative estimate of drug-likeness (QED) is 0.428. The number of alkyl halides is 3. The van der Waals surface area contributed by atoms with Crippen molar-refractivity contribution < 1.29 is 27.5 Å². The fraction of sp³-hybridized carbons (Fsp3) is 0.208. The van der Waals surface area contributed by atoms with Crippen LogP contribution in [0.25, 0.3) is 22.7 Å². The maximum Gasteiger partial charge on any atom is 0.417 e. The molecule has 6 heterocycles. The minimum absolute atomic E-state index is 0.146. The van der Waals surface area contributed by atoms with Crippen LogP contribution in [-0.2, 0) is 6.18 Å². The largest absolute Gasteiger partial charge is 0.442 e. The molecule has 1 fully saturated rings. The van der Waals surface area contributed by atoms with Crippen molar-refractivity contribution in [3.63, 3.8) is 0 Å². The van der Waals surface area contributed by atoms with E-state index in [1.807, 2.05) is 4.90 Å². The van der Waals surface area contributed by atoms with Gasteiger partial charge in [0.2, 0.25) is 0 Å². The highest BCUT2D eigenvalue weighted by Crippen LogP contribution is 2.41. The van der Waals surface area contributed by atoms with E-state index in [2.05, 4.69) is 25.3 Å². The van der Waals surface area contributed by atoms with E-state index in [1.165, 1.54) is 23.7 Å². The molecular formula is C24H18F3N7O3. The average Bonchev–Trinajstić information content (AvgIpc) is 3.53. The molecule has 0 saturated carbocycles. The fourth-order valence-electron chi connectivity index (χ4n) is 4.54. The predicted octanol–water partition coefficient (Wildman–Crippen LogP) is 3.81. The number of nitrogens with zero attached hydrogens (tertiary/aromatic N) is 6. The molecule has 2 aliphatic heterocycles. The number of carbonyl (C=O) groups is 1. The molecule has 0 unspecified atom stereocenters. The summed E-state index contributed by atoms with van der Waals surface area (Å²) in [5, 5.41) is 13.4. The number of urea groups is 1. The van der Waals surface area contributed by atoms with Crippen molar-refractivity contribution in [2.24, 2.45) is 0 Å². The first-order valence-corrected chi connectivity index (χ1v) is 11.2. The van der Waals surface area contributed by atoms with Crippen LogP contribution in [0.3, 0.4) is 0 Å². The lowest BCUT2D eigenvalue weighted by molar-refractivity contribution is -0.137. The molecule has 2 bridgehead atoms. The number of anilines is 3. The molecule has 2 atom stereocenters. The fourth-order valence-corrected chi connectivity index (χ4v) is 4.54. The van der Waals surface area contributed by atoms with Gasteiger partial charge in [-0.1, -0.05) is 6.07 Å². The minimum atomic E-state index is -4.56. The van der Waals surface area contributed by atoms with E-state index >= 15 is 0 Å². The van der Waals surface area contributed by atoms with Crippen LogP contribution < -0.4 is 15.1 Å². The second-order valence-corrected chi connectivity index (χ2v) is 8.61. The zero-order valence-electron chi connectivity index (χ0n) is 18.9. The number of hydrogen-bond donors (Lipinski definition) is 2. The number of halogens is 3. The topological polar surface area (TPSA) is 121 Å². The third kappa shape index (κ3) is 4.12. The number of hydrogen-bond acceptors (Lipinski definition) is 8. The van der Waals surface area contributed by atoms with E-state index in [9.17, 15) is 23.1 Å². The zero-order valence-corrected chi connectivity index (χ0v) is 18.9. The highest BCUT2D eigenvalue weighted by atomic mass is 19.4.